The molecule has 132 valence electrons. The summed E-state index contributed by atoms with van der Waals surface area (Å²) in [5.74, 6) is 0.566. The highest BCUT2D eigenvalue weighted by atomic mass is 16.2. The molecule has 1 aromatic carbocycles. The van der Waals surface area contributed by atoms with Gasteiger partial charge in [-0.1, -0.05) is 18.2 Å². The molecule has 0 aliphatic carbocycles. The zero-order valence-electron chi connectivity index (χ0n) is 14.8. The van der Waals surface area contributed by atoms with E-state index < -0.39 is 0 Å². The molecular weight excluding hydrogens is 316 g/mol. The number of carbonyl (C=O) groups excluding carboxylic acids is 2. The number of benzene rings is 1. The Labute approximate surface area is 147 Å². The number of anilines is 1. The fourth-order valence-corrected chi connectivity index (χ4v) is 3.04. The Balaban J connectivity index is 1.83. The summed E-state index contributed by atoms with van der Waals surface area (Å²) in [4.78, 5) is 32.8. The number of pyridine rings is 1. The van der Waals surface area contributed by atoms with E-state index in [9.17, 15) is 9.59 Å². The first-order valence-electron chi connectivity index (χ1n) is 8.69. The van der Waals surface area contributed by atoms with Crippen molar-refractivity contribution in [2.45, 2.75) is 19.3 Å². The van der Waals surface area contributed by atoms with Gasteiger partial charge in [-0.2, -0.15) is 0 Å². The van der Waals surface area contributed by atoms with Gasteiger partial charge >= 0.3 is 0 Å². The van der Waals surface area contributed by atoms with E-state index >= 15 is 0 Å². The highest BCUT2D eigenvalue weighted by Crippen LogP contribution is 2.26. The zero-order chi connectivity index (χ0) is 17.8. The summed E-state index contributed by atoms with van der Waals surface area (Å²) in [5.41, 5.74) is 1.47. The summed E-state index contributed by atoms with van der Waals surface area (Å²) in [6, 6.07) is 9.72. The summed E-state index contributed by atoms with van der Waals surface area (Å²) < 4.78 is 0. The van der Waals surface area contributed by atoms with Crippen LogP contribution in [0.1, 0.15) is 29.6 Å². The molecule has 0 radical (unpaired) electrons. The van der Waals surface area contributed by atoms with Gasteiger partial charge in [0.05, 0.1) is 11.1 Å². The monoisotopic (exact) mass is 340 g/mol. The Morgan fingerprint density at radius 2 is 1.92 bits per heavy atom. The molecule has 1 fully saturated rings. The predicted molar refractivity (Wildman–Crippen MR) is 98.8 cm³/mol. The number of rotatable bonds is 5. The second kappa shape index (κ2) is 7.51. The molecule has 0 spiro atoms. The molecule has 1 aliphatic rings. The third-order valence-electron chi connectivity index (χ3n) is 4.48. The van der Waals surface area contributed by atoms with E-state index in [2.05, 4.69) is 10.2 Å². The van der Waals surface area contributed by atoms with E-state index in [1.165, 1.54) is 4.90 Å². The number of amides is 2. The van der Waals surface area contributed by atoms with Gasteiger partial charge in [0.2, 0.25) is 5.91 Å². The van der Waals surface area contributed by atoms with Crippen molar-refractivity contribution in [2.75, 3.05) is 38.6 Å². The lowest BCUT2D eigenvalue weighted by molar-refractivity contribution is -0.128. The number of nitrogens with one attached hydrogen (secondary N) is 1. The normalized spacial score (nSPS) is 13.9. The van der Waals surface area contributed by atoms with Gasteiger partial charge in [0.1, 0.15) is 5.82 Å². The number of nitrogens with zero attached hydrogens (tertiary/aromatic N) is 3. The average molecular weight is 340 g/mol. The van der Waals surface area contributed by atoms with E-state index in [4.69, 9.17) is 4.98 Å². The van der Waals surface area contributed by atoms with E-state index in [1.807, 2.05) is 30.3 Å². The van der Waals surface area contributed by atoms with Crippen LogP contribution < -0.4 is 10.2 Å². The highest BCUT2D eigenvalue weighted by molar-refractivity contribution is 6.02. The molecule has 2 aromatic rings. The van der Waals surface area contributed by atoms with E-state index in [0.29, 0.717) is 18.5 Å². The van der Waals surface area contributed by atoms with Crippen LogP contribution in [0, 0.1) is 0 Å². The smallest absolute Gasteiger partial charge is 0.255 e. The highest BCUT2D eigenvalue weighted by Gasteiger charge is 2.22. The summed E-state index contributed by atoms with van der Waals surface area (Å²) in [7, 11) is 3.42. The van der Waals surface area contributed by atoms with Gasteiger partial charge in [-0.05, 0) is 25.0 Å². The molecule has 1 aromatic heterocycles. The molecule has 6 nitrogen and oxygen atoms in total. The second-order valence-electron chi connectivity index (χ2n) is 6.54. The number of fused-ring (bicyclic) bond motifs is 1. The quantitative estimate of drug-likeness (QED) is 0.905. The van der Waals surface area contributed by atoms with E-state index in [1.54, 1.807) is 14.1 Å². The van der Waals surface area contributed by atoms with Crippen molar-refractivity contribution in [3.63, 3.8) is 0 Å². The topological polar surface area (TPSA) is 65.5 Å². The molecule has 0 bridgehead atoms. The van der Waals surface area contributed by atoms with Gasteiger partial charge in [-0.25, -0.2) is 4.98 Å². The lowest BCUT2D eigenvalue weighted by atomic mass is 10.1. The van der Waals surface area contributed by atoms with Crippen molar-refractivity contribution in [3.05, 3.63) is 35.9 Å². The number of para-hydroxylation sites is 1. The Bertz CT molecular complexity index is 782. The molecule has 2 heterocycles. The molecule has 1 aliphatic heterocycles. The van der Waals surface area contributed by atoms with Crippen molar-refractivity contribution in [1.82, 2.24) is 15.2 Å². The molecule has 25 heavy (non-hydrogen) atoms. The van der Waals surface area contributed by atoms with Crippen LogP contribution in [0.3, 0.4) is 0 Å². The minimum absolute atomic E-state index is 0.00305. The minimum Gasteiger partial charge on any atom is -0.356 e. The number of hydrogen-bond donors (Lipinski definition) is 1. The van der Waals surface area contributed by atoms with Crippen LogP contribution in [0.25, 0.3) is 10.9 Å². The third-order valence-corrected chi connectivity index (χ3v) is 4.48. The Kier molecular flexibility index (Phi) is 5.16. The first-order valence-corrected chi connectivity index (χ1v) is 8.69. The molecule has 2 amide bonds. The van der Waals surface area contributed by atoms with Crippen molar-refractivity contribution in [2.24, 2.45) is 0 Å². The maximum absolute atomic E-state index is 12.7. The number of hydrogen-bond acceptors (Lipinski definition) is 4. The maximum atomic E-state index is 12.7. The fraction of sp³-hybridized carbons (Fsp3) is 0.421. The third kappa shape index (κ3) is 3.90. The van der Waals surface area contributed by atoms with Gasteiger partial charge in [-0.3, -0.25) is 9.59 Å². The number of aromatic nitrogens is 1. The first kappa shape index (κ1) is 17.2. The maximum Gasteiger partial charge on any atom is 0.255 e. The molecule has 0 atom stereocenters. The van der Waals surface area contributed by atoms with Crippen molar-refractivity contribution >= 4 is 28.5 Å². The Hall–Kier alpha value is -2.63. The largest absolute Gasteiger partial charge is 0.356 e. The van der Waals surface area contributed by atoms with Crippen LogP contribution in [0.2, 0.25) is 0 Å². The van der Waals surface area contributed by atoms with Gasteiger partial charge in [-0.15, -0.1) is 0 Å². The molecule has 1 N–H and O–H groups in total. The van der Waals surface area contributed by atoms with Crippen LogP contribution >= 0.6 is 0 Å². The first-order chi connectivity index (χ1) is 12.1. The van der Waals surface area contributed by atoms with Crippen molar-refractivity contribution in [3.8, 4) is 0 Å². The summed E-state index contributed by atoms with van der Waals surface area (Å²) in [5, 5.41) is 3.80. The summed E-state index contributed by atoms with van der Waals surface area (Å²) >= 11 is 0. The molecule has 0 saturated carbocycles. The van der Waals surface area contributed by atoms with Crippen molar-refractivity contribution < 1.29 is 9.59 Å². The summed E-state index contributed by atoms with van der Waals surface area (Å²) in [6.07, 6.45) is 2.53. The summed E-state index contributed by atoms with van der Waals surface area (Å²) in [6.45, 7) is 2.16. The Morgan fingerprint density at radius 1 is 1.20 bits per heavy atom. The standard InChI is InChI=1S/C19H24N4O2/c1-22(2)17(24)9-10-20-19(25)15-13-14-7-3-4-8-16(14)21-18(15)23-11-5-6-12-23/h3-4,7-8,13H,5-6,9-12H2,1-2H3,(H,20,25). The Morgan fingerprint density at radius 3 is 2.64 bits per heavy atom. The minimum atomic E-state index is -0.174. The lowest BCUT2D eigenvalue weighted by Gasteiger charge is -2.20. The van der Waals surface area contributed by atoms with Gasteiger partial charge in [0, 0.05) is 45.5 Å². The predicted octanol–water partition coefficient (Wildman–Crippen LogP) is 2.04. The second-order valence-corrected chi connectivity index (χ2v) is 6.54. The molecule has 1 saturated heterocycles. The van der Waals surface area contributed by atoms with Crippen molar-refractivity contribution in [1.29, 1.82) is 0 Å². The lowest BCUT2D eigenvalue weighted by Crippen LogP contribution is -2.32. The average Bonchev–Trinajstić information content (AvgIpc) is 3.14. The molecule has 3 rings (SSSR count). The number of carbonyl (C=O) groups is 2. The molecule has 6 heteroatoms. The SMILES string of the molecule is CN(C)C(=O)CCNC(=O)c1cc2ccccc2nc1N1CCCC1. The van der Waals surface area contributed by atoms with E-state index in [-0.39, 0.29) is 11.8 Å². The fourth-order valence-electron chi connectivity index (χ4n) is 3.04. The van der Waals surface area contributed by atoms with Gasteiger partial charge < -0.3 is 15.1 Å². The van der Waals surface area contributed by atoms with Crippen LogP contribution in [0.15, 0.2) is 30.3 Å². The van der Waals surface area contributed by atoms with Gasteiger partial charge in [0.15, 0.2) is 0 Å². The van der Waals surface area contributed by atoms with Gasteiger partial charge in [0.25, 0.3) is 5.91 Å². The van der Waals surface area contributed by atoms with Crippen LogP contribution in [-0.4, -0.2) is 55.4 Å². The molecular formula is C19H24N4O2. The van der Waals surface area contributed by atoms with Crippen LogP contribution in [0.5, 0.6) is 0 Å². The van der Waals surface area contributed by atoms with E-state index in [0.717, 1.165) is 42.7 Å². The van der Waals surface area contributed by atoms with Crippen LogP contribution in [-0.2, 0) is 4.79 Å². The zero-order valence-corrected chi connectivity index (χ0v) is 14.8. The van der Waals surface area contributed by atoms with Crippen LogP contribution in [0.4, 0.5) is 5.82 Å². The molecule has 0 unspecified atom stereocenters.